The molecule has 3 aliphatic rings. The van der Waals surface area contributed by atoms with Crippen LogP contribution in [-0.4, -0.2) is 75.2 Å². The molecule has 0 saturated carbocycles. The molecule has 1 unspecified atom stereocenters. The van der Waals surface area contributed by atoms with Crippen molar-refractivity contribution in [2.24, 2.45) is 0 Å². The number of nitrogens with zero attached hydrogens (tertiary/aromatic N) is 3. The normalized spacial score (nSPS) is 22.5. The molecule has 0 bridgehead atoms. The lowest BCUT2D eigenvalue weighted by molar-refractivity contribution is 0.0722. The summed E-state index contributed by atoms with van der Waals surface area (Å²) in [7, 11) is -3.55. The van der Waals surface area contributed by atoms with Gasteiger partial charge in [-0.1, -0.05) is 12.1 Å². The largest absolute Gasteiger partial charge is 0.488 e. The van der Waals surface area contributed by atoms with Crippen molar-refractivity contribution < 1.29 is 22.6 Å². The summed E-state index contributed by atoms with van der Waals surface area (Å²) in [5.74, 6) is 1.65. The van der Waals surface area contributed by atoms with Gasteiger partial charge in [0.1, 0.15) is 10.4 Å². The molecule has 2 saturated heterocycles. The number of ether oxygens (including phenoxy) is 3. The molecule has 0 aliphatic carbocycles. The lowest BCUT2D eigenvalue weighted by Gasteiger charge is -2.38. The number of fused-ring (bicyclic) bond motifs is 4. The third-order valence-corrected chi connectivity index (χ3v) is 9.34. The van der Waals surface area contributed by atoms with Gasteiger partial charge in [0.05, 0.1) is 25.9 Å². The smallest absolute Gasteiger partial charge is 0.185 e. The standard InChI is InChI=1S/C24H28N4O5S/c1-34(29,30)24(7-12-31-13-8-24)21-20-23(28-10-14-32-15-16(28)6-11-33-20)27-22(26-21)18-3-2-4-19-17(18)5-9-25-19/h2-5,9,16,25H,6-8,10-15H2,1H3. The van der Waals surface area contributed by atoms with E-state index in [1.54, 1.807) is 0 Å². The van der Waals surface area contributed by atoms with Gasteiger partial charge < -0.3 is 24.1 Å². The molecule has 0 spiro atoms. The molecule has 1 aromatic carbocycles. The third kappa shape index (κ3) is 3.38. The molecular weight excluding hydrogens is 456 g/mol. The summed E-state index contributed by atoms with van der Waals surface area (Å²) in [6.07, 6.45) is 4.62. The maximum Gasteiger partial charge on any atom is 0.185 e. The average molecular weight is 485 g/mol. The molecule has 10 heteroatoms. The van der Waals surface area contributed by atoms with Gasteiger partial charge in [0.2, 0.25) is 0 Å². The Kier molecular flexibility index (Phi) is 5.27. The van der Waals surface area contributed by atoms with Gasteiger partial charge >= 0.3 is 0 Å². The minimum Gasteiger partial charge on any atom is -0.488 e. The van der Waals surface area contributed by atoms with Gasteiger partial charge in [-0.25, -0.2) is 18.4 Å². The second-order valence-corrected chi connectivity index (χ2v) is 11.6. The molecule has 180 valence electrons. The SMILES string of the molecule is CS(=O)(=O)C1(c2nc(-c3cccc4[nH]ccc34)nc3c2OCCC2COCCN32)CCOCC1. The number of sulfone groups is 1. The summed E-state index contributed by atoms with van der Waals surface area (Å²) < 4.78 is 43.1. The van der Waals surface area contributed by atoms with E-state index in [4.69, 9.17) is 24.2 Å². The Morgan fingerprint density at radius 1 is 1.09 bits per heavy atom. The predicted molar refractivity (Wildman–Crippen MR) is 128 cm³/mol. The summed E-state index contributed by atoms with van der Waals surface area (Å²) in [5, 5.41) is 0.988. The number of anilines is 1. The lowest BCUT2D eigenvalue weighted by Crippen LogP contribution is -2.46. The molecule has 34 heavy (non-hydrogen) atoms. The number of H-pyrrole nitrogens is 1. The number of aromatic amines is 1. The number of morpholine rings is 1. The van der Waals surface area contributed by atoms with Gasteiger partial charge in [0.25, 0.3) is 0 Å². The highest BCUT2D eigenvalue weighted by Gasteiger charge is 2.49. The number of benzene rings is 1. The summed E-state index contributed by atoms with van der Waals surface area (Å²) >= 11 is 0. The van der Waals surface area contributed by atoms with Gasteiger partial charge in [-0.2, -0.15) is 0 Å². The molecule has 1 atom stereocenters. The first-order valence-corrected chi connectivity index (χ1v) is 13.6. The second kappa shape index (κ2) is 8.21. The second-order valence-electron chi connectivity index (χ2n) is 9.23. The zero-order valence-electron chi connectivity index (χ0n) is 19.1. The molecular formula is C24H28N4O5S. The van der Waals surface area contributed by atoms with Gasteiger partial charge in [0.15, 0.2) is 27.2 Å². The number of hydrogen-bond donors (Lipinski definition) is 1. The van der Waals surface area contributed by atoms with E-state index in [9.17, 15) is 8.42 Å². The molecule has 2 aromatic heterocycles. The molecule has 2 fully saturated rings. The summed E-state index contributed by atoms with van der Waals surface area (Å²) in [6.45, 7) is 3.01. The van der Waals surface area contributed by atoms with Crippen molar-refractivity contribution in [3.63, 3.8) is 0 Å². The van der Waals surface area contributed by atoms with Crippen LogP contribution in [-0.2, 0) is 24.1 Å². The van der Waals surface area contributed by atoms with Crippen LogP contribution in [0.5, 0.6) is 5.75 Å². The number of hydrogen-bond acceptors (Lipinski definition) is 8. The maximum absolute atomic E-state index is 13.4. The minimum absolute atomic E-state index is 0.123. The highest BCUT2D eigenvalue weighted by molar-refractivity contribution is 7.91. The Hall–Kier alpha value is -2.69. The van der Waals surface area contributed by atoms with E-state index >= 15 is 0 Å². The molecule has 0 radical (unpaired) electrons. The monoisotopic (exact) mass is 484 g/mol. The van der Waals surface area contributed by atoms with Crippen LogP contribution in [0.4, 0.5) is 5.82 Å². The van der Waals surface area contributed by atoms with Crippen molar-refractivity contribution in [2.75, 3.05) is 50.7 Å². The highest BCUT2D eigenvalue weighted by Crippen LogP contribution is 2.48. The maximum atomic E-state index is 13.4. The third-order valence-electron chi connectivity index (χ3n) is 7.32. The van der Waals surface area contributed by atoms with Crippen LogP contribution >= 0.6 is 0 Å². The van der Waals surface area contributed by atoms with Gasteiger partial charge in [-0.3, -0.25) is 0 Å². The molecule has 9 nitrogen and oxygen atoms in total. The zero-order valence-corrected chi connectivity index (χ0v) is 19.9. The number of rotatable bonds is 3. The van der Waals surface area contributed by atoms with E-state index in [2.05, 4.69) is 9.88 Å². The van der Waals surface area contributed by atoms with Crippen molar-refractivity contribution in [2.45, 2.75) is 30.1 Å². The fraction of sp³-hybridized carbons (Fsp3) is 0.500. The van der Waals surface area contributed by atoms with Gasteiger partial charge in [-0.15, -0.1) is 0 Å². The van der Waals surface area contributed by atoms with Crippen LogP contribution in [0, 0.1) is 0 Å². The predicted octanol–water partition coefficient (Wildman–Crippen LogP) is 2.66. The zero-order chi connectivity index (χ0) is 23.3. The van der Waals surface area contributed by atoms with Crippen molar-refractivity contribution in [1.82, 2.24) is 15.0 Å². The van der Waals surface area contributed by atoms with Crippen LogP contribution in [0.3, 0.4) is 0 Å². The van der Waals surface area contributed by atoms with Gasteiger partial charge in [0, 0.05) is 55.1 Å². The van der Waals surface area contributed by atoms with Crippen molar-refractivity contribution in [3.05, 3.63) is 36.2 Å². The van der Waals surface area contributed by atoms with E-state index in [0.29, 0.717) is 75.5 Å². The summed E-state index contributed by atoms with van der Waals surface area (Å²) in [5.41, 5.74) is 2.28. The molecule has 1 N–H and O–H groups in total. The molecule has 0 amide bonds. The minimum atomic E-state index is -3.55. The topological polar surface area (TPSA) is 107 Å². The Morgan fingerprint density at radius 3 is 2.76 bits per heavy atom. The fourth-order valence-electron chi connectivity index (χ4n) is 5.43. The summed E-state index contributed by atoms with van der Waals surface area (Å²) in [6, 6.07) is 8.05. The Morgan fingerprint density at radius 2 is 1.94 bits per heavy atom. The molecule has 5 heterocycles. The van der Waals surface area contributed by atoms with E-state index < -0.39 is 14.6 Å². The van der Waals surface area contributed by atoms with E-state index in [1.807, 2.05) is 30.5 Å². The Labute approximate surface area is 198 Å². The van der Waals surface area contributed by atoms with Crippen LogP contribution < -0.4 is 9.64 Å². The first-order valence-electron chi connectivity index (χ1n) is 11.7. The van der Waals surface area contributed by atoms with Gasteiger partial charge in [-0.05, 0) is 25.0 Å². The number of nitrogens with one attached hydrogen (secondary N) is 1. The summed E-state index contributed by atoms with van der Waals surface area (Å²) in [4.78, 5) is 15.5. The molecule has 3 aliphatic heterocycles. The molecule has 6 rings (SSSR count). The van der Waals surface area contributed by atoms with Crippen LogP contribution in [0.1, 0.15) is 25.0 Å². The first kappa shape index (κ1) is 21.8. The number of aromatic nitrogens is 3. The Balaban J connectivity index is 1.65. The average Bonchev–Trinajstić information content (AvgIpc) is 3.25. The van der Waals surface area contributed by atoms with E-state index in [-0.39, 0.29) is 6.04 Å². The lowest BCUT2D eigenvalue weighted by atomic mass is 9.93. The fourth-order valence-corrected chi connectivity index (χ4v) is 6.83. The quantitative estimate of drug-likeness (QED) is 0.605. The van der Waals surface area contributed by atoms with E-state index in [0.717, 1.165) is 22.9 Å². The van der Waals surface area contributed by atoms with Crippen molar-refractivity contribution in [1.29, 1.82) is 0 Å². The Bertz CT molecular complexity index is 1330. The van der Waals surface area contributed by atoms with Crippen LogP contribution in [0.2, 0.25) is 0 Å². The first-order chi connectivity index (χ1) is 16.5. The molecule has 3 aromatic rings. The van der Waals surface area contributed by atoms with Crippen LogP contribution in [0.15, 0.2) is 30.5 Å². The van der Waals surface area contributed by atoms with Crippen molar-refractivity contribution in [3.8, 4) is 17.1 Å². The van der Waals surface area contributed by atoms with Crippen molar-refractivity contribution >= 4 is 26.6 Å². The highest BCUT2D eigenvalue weighted by atomic mass is 32.2. The van der Waals surface area contributed by atoms with E-state index in [1.165, 1.54) is 6.26 Å². The van der Waals surface area contributed by atoms with Crippen LogP contribution in [0.25, 0.3) is 22.3 Å².